The van der Waals surface area contributed by atoms with Crippen LogP contribution in [0.5, 0.6) is 0 Å². The summed E-state index contributed by atoms with van der Waals surface area (Å²) in [5.74, 6) is 0. The van der Waals surface area contributed by atoms with Crippen LogP contribution in [0.3, 0.4) is 0 Å². The first-order chi connectivity index (χ1) is 5.54. The Morgan fingerprint density at radius 1 is 1.33 bits per heavy atom. The molecule has 0 fully saturated rings. The fourth-order valence-electron chi connectivity index (χ4n) is 0.993. The van der Waals surface area contributed by atoms with Crippen molar-refractivity contribution in [1.29, 1.82) is 0 Å². The lowest BCUT2D eigenvalue weighted by Gasteiger charge is -2.13. The fraction of sp³-hybridized carbons (Fsp3) is 1.00. The summed E-state index contributed by atoms with van der Waals surface area (Å²) in [7, 11) is -0.567. The van der Waals surface area contributed by atoms with Crippen LogP contribution in [0.15, 0.2) is 0 Å². The molecule has 12 heavy (non-hydrogen) atoms. The Morgan fingerprint density at radius 2 is 1.92 bits per heavy atom. The molecular formula is C8H24N2Si2. The normalized spacial score (nSPS) is 16.5. The maximum Gasteiger partial charge on any atom is 0.0257 e. The van der Waals surface area contributed by atoms with Crippen LogP contribution in [0, 0.1) is 0 Å². The molecule has 0 aliphatic rings. The highest BCUT2D eigenvalue weighted by atomic mass is 29.2. The van der Waals surface area contributed by atoms with Crippen LogP contribution < -0.4 is 11.1 Å². The molecule has 0 saturated carbocycles. The first-order valence-electron chi connectivity index (χ1n) is 5.00. The molecule has 0 aromatic heterocycles. The minimum Gasteiger partial charge on any atom is -0.327 e. The van der Waals surface area contributed by atoms with Gasteiger partial charge >= 0.3 is 0 Å². The van der Waals surface area contributed by atoms with Crippen LogP contribution in [-0.4, -0.2) is 35.8 Å². The van der Waals surface area contributed by atoms with Gasteiger partial charge in [0.1, 0.15) is 0 Å². The van der Waals surface area contributed by atoms with Crippen LogP contribution in [-0.2, 0) is 0 Å². The van der Waals surface area contributed by atoms with E-state index in [1.807, 2.05) is 6.92 Å². The molecule has 0 aliphatic carbocycles. The zero-order chi connectivity index (χ0) is 9.56. The molecule has 0 aromatic rings. The average Bonchev–Trinajstić information content (AvgIpc) is 1.97. The molecule has 2 atom stereocenters. The summed E-state index contributed by atoms with van der Waals surface area (Å²) in [4.78, 5) is 0. The first-order valence-corrected chi connectivity index (χ1v) is 11.9. The van der Waals surface area contributed by atoms with Gasteiger partial charge in [0.25, 0.3) is 0 Å². The fourth-order valence-corrected chi connectivity index (χ4v) is 4.82. The SMILES string of the molecule is CC(N)CNCC[SiH](C)[SiH](C)C. The van der Waals surface area contributed by atoms with Crippen LogP contribution in [0.2, 0.25) is 25.7 Å². The number of hydrogen-bond acceptors (Lipinski definition) is 2. The molecule has 0 heterocycles. The topological polar surface area (TPSA) is 38.0 Å². The van der Waals surface area contributed by atoms with Crippen molar-refractivity contribution in [2.45, 2.75) is 38.7 Å². The van der Waals surface area contributed by atoms with Crippen molar-refractivity contribution in [3.8, 4) is 0 Å². The third-order valence-electron chi connectivity index (χ3n) is 2.38. The van der Waals surface area contributed by atoms with E-state index in [1.54, 1.807) is 0 Å². The van der Waals surface area contributed by atoms with Gasteiger partial charge in [0.05, 0.1) is 0 Å². The third kappa shape index (κ3) is 7.03. The Kier molecular flexibility index (Phi) is 7.03. The molecule has 0 amide bonds. The summed E-state index contributed by atoms with van der Waals surface area (Å²) in [6.45, 7) is 11.7. The Balaban J connectivity index is 3.20. The van der Waals surface area contributed by atoms with Crippen LogP contribution in [0.4, 0.5) is 0 Å². The van der Waals surface area contributed by atoms with Gasteiger partial charge in [-0.1, -0.05) is 19.6 Å². The largest absolute Gasteiger partial charge is 0.327 e. The van der Waals surface area contributed by atoms with Gasteiger partial charge in [-0.05, 0) is 19.5 Å². The number of nitrogens with one attached hydrogen (secondary N) is 1. The molecule has 0 spiro atoms. The summed E-state index contributed by atoms with van der Waals surface area (Å²) < 4.78 is 0. The van der Waals surface area contributed by atoms with Gasteiger partial charge in [-0.15, -0.1) is 0 Å². The van der Waals surface area contributed by atoms with Gasteiger partial charge in [0.2, 0.25) is 0 Å². The predicted octanol–water partition coefficient (Wildman–Crippen LogP) is 0.345. The molecule has 74 valence electrons. The van der Waals surface area contributed by atoms with E-state index in [4.69, 9.17) is 5.73 Å². The minimum atomic E-state index is -0.303. The lowest BCUT2D eigenvalue weighted by molar-refractivity contribution is 0.626. The standard InChI is InChI=1S/C8H24N2Si2/c1-8(9)7-10-5-6-12(4)11(2)3/h8,10-12H,5-7,9H2,1-4H3. The van der Waals surface area contributed by atoms with E-state index >= 15 is 0 Å². The highest BCUT2D eigenvalue weighted by Crippen LogP contribution is 1.95. The Bertz CT molecular complexity index is 107. The highest BCUT2D eigenvalue weighted by molar-refractivity contribution is 7.20. The monoisotopic (exact) mass is 204 g/mol. The van der Waals surface area contributed by atoms with Gasteiger partial charge in [0.15, 0.2) is 0 Å². The van der Waals surface area contributed by atoms with E-state index in [2.05, 4.69) is 25.0 Å². The maximum atomic E-state index is 5.63. The third-order valence-corrected chi connectivity index (χ3v) is 13.7. The van der Waals surface area contributed by atoms with E-state index in [9.17, 15) is 0 Å². The zero-order valence-corrected chi connectivity index (χ0v) is 11.2. The van der Waals surface area contributed by atoms with Crippen LogP contribution in [0.25, 0.3) is 0 Å². The summed E-state index contributed by atoms with van der Waals surface area (Å²) in [6.07, 6.45) is 0. The summed E-state index contributed by atoms with van der Waals surface area (Å²) in [6, 6.07) is 1.76. The number of hydrogen-bond donors (Lipinski definition) is 2. The van der Waals surface area contributed by atoms with Crippen molar-refractivity contribution in [1.82, 2.24) is 5.32 Å². The van der Waals surface area contributed by atoms with E-state index in [0.29, 0.717) is 6.04 Å². The Morgan fingerprint density at radius 3 is 2.33 bits per heavy atom. The van der Waals surface area contributed by atoms with Crippen molar-refractivity contribution in [2.75, 3.05) is 13.1 Å². The van der Waals surface area contributed by atoms with Gasteiger partial charge in [-0.3, -0.25) is 0 Å². The van der Waals surface area contributed by atoms with Gasteiger partial charge in [-0.25, -0.2) is 0 Å². The van der Waals surface area contributed by atoms with E-state index < -0.39 is 0 Å². The molecule has 0 rings (SSSR count). The summed E-state index contributed by atoms with van der Waals surface area (Å²) >= 11 is 0. The molecule has 2 unspecified atom stereocenters. The number of rotatable bonds is 6. The van der Waals surface area contributed by atoms with E-state index in [-0.39, 0.29) is 16.6 Å². The molecule has 0 saturated heterocycles. The smallest absolute Gasteiger partial charge is 0.0257 e. The van der Waals surface area contributed by atoms with Gasteiger partial charge < -0.3 is 11.1 Å². The molecule has 4 heteroatoms. The molecule has 0 aliphatic heterocycles. The molecule has 0 radical (unpaired) electrons. The molecular weight excluding hydrogens is 180 g/mol. The van der Waals surface area contributed by atoms with Crippen LogP contribution >= 0.6 is 0 Å². The Hall–Kier alpha value is 0.354. The molecule has 0 aromatic carbocycles. The minimum absolute atomic E-state index is 0.264. The summed E-state index contributed by atoms with van der Waals surface area (Å²) in [5.41, 5.74) is 5.63. The van der Waals surface area contributed by atoms with Crippen molar-refractivity contribution in [3.05, 3.63) is 0 Å². The van der Waals surface area contributed by atoms with Crippen molar-refractivity contribution < 1.29 is 0 Å². The second-order valence-corrected chi connectivity index (χ2v) is 16.6. The zero-order valence-electron chi connectivity index (χ0n) is 8.93. The molecule has 2 nitrogen and oxygen atoms in total. The quantitative estimate of drug-likeness (QED) is 0.484. The van der Waals surface area contributed by atoms with Gasteiger partial charge in [0, 0.05) is 29.2 Å². The van der Waals surface area contributed by atoms with Crippen molar-refractivity contribution >= 4 is 16.6 Å². The summed E-state index contributed by atoms with van der Waals surface area (Å²) in [5, 5.41) is 3.40. The highest BCUT2D eigenvalue weighted by Gasteiger charge is 2.08. The van der Waals surface area contributed by atoms with Crippen LogP contribution in [0.1, 0.15) is 6.92 Å². The average molecular weight is 204 g/mol. The second kappa shape index (κ2) is 6.83. The maximum absolute atomic E-state index is 5.63. The van der Waals surface area contributed by atoms with Crippen molar-refractivity contribution in [2.24, 2.45) is 5.73 Å². The lowest BCUT2D eigenvalue weighted by atomic mass is 10.4. The lowest BCUT2D eigenvalue weighted by Crippen LogP contribution is -2.35. The molecule has 3 N–H and O–H groups in total. The Labute approximate surface area is 79.9 Å². The van der Waals surface area contributed by atoms with E-state index in [1.165, 1.54) is 12.6 Å². The molecule has 0 bridgehead atoms. The predicted molar refractivity (Wildman–Crippen MR) is 63.2 cm³/mol. The second-order valence-electron chi connectivity index (χ2n) is 4.19. The van der Waals surface area contributed by atoms with Gasteiger partial charge in [-0.2, -0.15) is 0 Å². The number of nitrogens with two attached hydrogens (primary N) is 1. The first kappa shape index (κ1) is 12.4. The van der Waals surface area contributed by atoms with Crippen molar-refractivity contribution in [3.63, 3.8) is 0 Å². The van der Waals surface area contributed by atoms with E-state index in [0.717, 1.165) is 6.54 Å².